The van der Waals surface area contributed by atoms with E-state index in [1.165, 1.54) is 19.3 Å². The normalized spacial score (nSPS) is 14.3. The summed E-state index contributed by atoms with van der Waals surface area (Å²) in [6, 6.07) is 0. The van der Waals surface area contributed by atoms with E-state index in [0.717, 1.165) is 141 Å². The van der Waals surface area contributed by atoms with E-state index in [2.05, 4.69) is 142 Å². The van der Waals surface area contributed by atoms with Gasteiger partial charge in [-0.15, -0.1) is 0 Å². The lowest BCUT2D eigenvalue weighted by atomic mass is 10.1. The van der Waals surface area contributed by atoms with Crippen molar-refractivity contribution in [1.29, 1.82) is 0 Å². The molecule has 11 nitrogen and oxygen atoms in total. The van der Waals surface area contributed by atoms with E-state index in [1.807, 2.05) is 12.2 Å². The average molecular weight is 1110 g/mol. The number of ether oxygens (including phenoxy) is 3. The van der Waals surface area contributed by atoms with Crippen molar-refractivity contribution in [2.45, 2.75) is 238 Å². The summed E-state index contributed by atoms with van der Waals surface area (Å²) in [5.41, 5.74) is 0. The van der Waals surface area contributed by atoms with Gasteiger partial charge >= 0.3 is 25.7 Å². The first-order valence-corrected chi connectivity index (χ1v) is 31.6. The maximum atomic E-state index is 12.9. The first-order chi connectivity index (χ1) is 38.2. The molecule has 3 unspecified atom stereocenters. The van der Waals surface area contributed by atoms with Crippen LogP contribution in [-0.4, -0.2) is 66.5 Å². The van der Waals surface area contributed by atoms with E-state index in [-0.39, 0.29) is 25.9 Å². The van der Waals surface area contributed by atoms with Crippen LogP contribution in [0.5, 0.6) is 0 Å². The van der Waals surface area contributed by atoms with Gasteiger partial charge in [-0.2, -0.15) is 0 Å². The highest BCUT2D eigenvalue weighted by Crippen LogP contribution is 2.43. The molecule has 0 spiro atoms. The van der Waals surface area contributed by atoms with E-state index in [9.17, 15) is 28.9 Å². The molecule has 3 atom stereocenters. The third kappa shape index (κ3) is 56.3. The minimum Gasteiger partial charge on any atom is -0.462 e. The first-order valence-electron chi connectivity index (χ1n) is 30.1. The van der Waals surface area contributed by atoms with Crippen molar-refractivity contribution >= 4 is 25.7 Å². The SMILES string of the molecule is CC/C=C\C/C=C\C/C=C\C/C=C\C/C=C\CCCC(=O)OC(CO)COP(=O)(O)OCC(COC(=O)CCCCCCC/C=C\C/C=C\CCCCC)OC(=O)CCCCCCCC/C=C\C/C=C\C/C=C\C/C=C\CC. The van der Waals surface area contributed by atoms with Crippen LogP contribution in [0, 0.1) is 0 Å². The molecule has 78 heavy (non-hydrogen) atoms. The van der Waals surface area contributed by atoms with Crippen LogP contribution in [0.3, 0.4) is 0 Å². The van der Waals surface area contributed by atoms with E-state index in [0.29, 0.717) is 25.7 Å². The zero-order chi connectivity index (χ0) is 56.9. The Hall–Kier alpha value is -4.38. The topological polar surface area (TPSA) is 155 Å². The van der Waals surface area contributed by atoms with Crippen LogP contribution < -0.4 is 0 Å². The van der Waals surface area contributed by atoms with Gasteiger partial charge in [-0.25, -0.2) is 4.57 Å². The van der Waals surface area contributed by atoms with Gasteiger partial charge in [-0.1, -0.05) is 212 Å². The quantitative estimate of drug-likeness (QED) is 0.0197. The Morgan fingerprint density at radius 1 is 0.372 bits per heavy atom. The fraction of sp³-hybridized carbons (Fsp3) is 0.621. The van der Waals surface area contributed by atoms with Crippen molar-refractivity contribution < 1.29 is 52.2 Å². The smallest absolute Gasteiger partial charge is 0.462 e. The number of carbonyl (C=O) groups excluding carboxylic acids is 3. The number of hydrogen-bond donors (Lipinski definition) is 2. The van der Waals surface area contributed by atoms with Gasteiger partial charge in [0.15, 0.2) is 6.10 Å². The monoisotopic (exact) mass is 1110 g/mol. The van der Waals surface area contributed by atoms with Gasteiger partial charge in [0.05, 0.1) is 19.8 Å². The summed E-state index contributed by atoms with van der Waals surface area (Å²) in [7, 11) is -4.78. The summed E-state index contributed by atoms with van der Waals surface area (Å²) in [6.07, 6.45) is 74.1. The molecule has 0 heterocycles. The number of esters is 3. The highest BCUT2D eigenvalue weighted by molar-refractivity contribution is 7.47. The van der Waals surface area contributed by atoms with Gasteiger partial charge in [0.25, 0.3) is 0 Å². The van der Waals surface area contributed by atoms with Gasteiger partial charge in [0.1, 0.15) is 12.7 Å². The predicted molar refractivity (Wildman–Crippen MR) is 325 cm³/mol. The van der Waals surface area contributed by atoms with Gasteiger partial charge in [0, 0.05) is 19.3 Å². The van der Waals surface area contributed by atoms with Crippen molar-refractivity contribution in [3.8, 4) is 0 Å². The number of aliphatic hydroxyl groups is 1. The van der Waals surface area contributed by atoms with Crippen molar-refractivity contribution in [2.75, 3.05) is 26.4 Å². The van der Waals surface area contributed by atoms with Crippen molar-refractivity contribution in [2.24, 2.45) is 0 Å². The number of phosphoric ester groups is 1. The molecule has 0 fully saturated rings. The minimum atomic E-state index is -4.78. The second-order valence-corrected chi connectivity index (χ2v) is 20.8. The van der Waals surface area contributed by atoms with Crippen LogP contribution in [0.25, 0.3) is 0 Å². The molecule has 0 aromatic heterocycles. The summed E-state index contributed by atoms with van der Waals surface area (Å²) in [5.74, 6) is -1.57. The summed E-state index contributed by atoms with van der Waals surface area (Å²) in [6.45, 7) is 4.29. The third-order valence-electron chi connectivity index (χ3n) is 12.0. The van der Waals surface area contributed by atoms with Crippen molar-refractivity contribution in [3.05, 3.63) is 134 Å². The largest absolute Gasteiger partial charge is 0.472 e. The minimum absolute atomic E-state index is 0.0900. The molecule has 0 saturated carbocycles. The lowest BCUT2D eigenvalue weighted by molar-refractivity contribution is -0.161. The van der Waals surface area contributed by atoms with Crippen LogP contribution in [-0.2, 0) is 42.2 Å². The summed E-state index contributed by atoms with van der Waals surface area (Å²) < 4.78 is 39.5. The zero-order valence-electron chi connectivity index (χ0n) is 48.8. The molecule has 0 aliphatic carbocycles. The highest BCUT2D eigenvalue weighted by atomic mass is 31.2. The lowest BCUT2D eigenvalue weighted by Crippen LogP contribution is -2.30. The fourth-order valence-electron chi connectivity index (χ4n) is 7.53. The van der Waals surface area contributed by atoms with Gasteiger partial charge in [0.2, 0.25) is 0 Å². The molecular formula is C66H107O11P. The number of aliphatic hydroxyl groups excluding tert-OH is 1. The first kappa shape index (κ1) is 73.6. The molecule has 12 heteroatoms. The second kappa shape index (κ2) is 58.8. The van der Waals surface area contributed by atoms with Crippen LogP contribution in [0.4, 0.5) is 0 Å². The van der Waals surface area contributed by atoms with Crippen molar-refractivity contribution in [3.63, 3.8) is 0 Å². The summed E-state index contributed by atoms with van der Waals surface area (Å²) in [4.78, 5) is 48.6. The van der Waals surface area contributed by atoms with Crippen LogP contribution in [0.15, 0.2) is 134 Å². The van der Waals surface area contributed by atoms with Crippen LogP contribution >= 0.6 is 7.82 Å². The Balaban J connectivity index is 4.84. The van der Waals surface area contributed by atoms with Gasteiger partial charge in [-0.3, -0.25) is 23.4 Å². The third-order valence-corrected chi connectivity index (χ3v) is 13.0. The van der Waals surface area contributed by atoms with E-state index in [4.69, 9.17) is 23.3 Å². The predicted octanol–water partition coefficient (Wildman–Crippen LogP) is 18.1. The Morgan fingerprint density at radius 2 is 0.679 bits per heavy atom. The van der Waals surface area contributed by atoms with E-state index < -0.39 is 57.8 Å². The van der Waals surface area contributed by atoms with Crippen LogP contribution in [0.1, 0.15) is 226 Å². The molecule has 0 aliphatic heterocycles. The highest BCUT2D eigenvalue weighted by Gasteiger charge is 2.28. The number of allylic oxidation sites excluding steroid dienone is 22. The average Bonchev–Trinajstić information content (AvgIpc) is 3.43. The number of phosphoric acid groups is 1. The molecule has 0 rings (SSSR count). The Kier molecular flexibility index (Phi) is 55.5. The Bertz CT molecular complexity index is 1820. The molecule has 0 radical (unpaired) electrons. The number of rotatable bonds is 54. The summed E-state index contributed by atoms with van der Waals surface area (Å²) >= 11 is 0. The van der Waals surface area contributed by atoms with E-state index >= 15 is 0 Å². The van der Waals surface area contributed by atoms with Gasteiger partial charge < -0.3 is 24.2 Å². The number of carbonyl (C=O) groups is 3. The fourth-order valence-corrected chi connectivity index (χ4v) is 8.31. The molecule has 0 aromatic carbocycles. The standard InChI is InChI=1S/C66H107O11P/c1-4-7-10-13-16-19-22-25-28-30-31-33-36-39-42-45-48-51-54-57-66(70)77-63(59-73-64(68)55-52-49-46-43-40-37-34-27-24-21-18-15-12-9-6-3)61-75-78(71,72)74-60-62(58-67)76-65(69)56-53-50-47-44-41-38-35-32-29-26-23-20-17-14-11-8-5-2/h7-8,10-11,16-21,25-29,31,33-35,38,44,47,62-63,67H,4-6,9,12-15,22-24,30,32,36-37,39-43,45-46,48-61H2,1-3H3,(H,71,72)/b10-7-,11-8-,19-16-,20-17-,21-18-,28-25-,29-26-,33-31-,34-27-,38-35-,47-44-. The second-order valence-electron chi connectivity index (χ2n) is 19.4. The number of unbranched alkanes of at least 4 members (excludes halogenated alkanes) is 15. The number of hydrogen-bond acceptors (Lipinski definition) is 10. The van der Waals surface area contributed by atoms with Crippen molar-refractivity contribution in [1.82, 2.24) is 0 Å². The molecule has 2 N–H and O–H groups in total. The van der Waals surface area contributed by atoms with E-state index in [1.54, 1.807) is 0 Å². The maximum Gasteiger partial charge on any atom is 0.472 e. The van der Waals surface area contributed by atoms with Crippen LogP contribution in [0.2, 0.25) is 0 Å². The molecule has 442 valence electrons. The Labute approximate surface area is 474 Å². The molecule has 0 aliphatic rings. The molecule has 0 bridgehead atoms. The van der Waals surface area contributed by atoms with Gasteiger partial charge in [-0.05, 0) is 128 Å². The lowest BCUT2D eigenvalue weighted by Gasteiger charge is -2.21. The molecule has 0 amide bonds. The molecule has 0 saturated heterocycles. The Morgan fingerprint density at radius 3 is 1.08 bits per heavy atom. The zero-order valence-corrected chi connectivity index (χ0v) is 49.7. The molecular weight excluding hydrogens is 1000 g/mol. The maximum absolute atomic E-state index is 12.9. The molecule has 0 aromatic rings. The summed E-state index contributed by atoms with van der Waals surface area (Å²) in [5, 5.41) is 9.83.